The van der Waals surface area contributed by atoms with Crippen LogP contribution in [0.2, 0.25) is 0 Å². The van der Waals surface area contributed by atoms with Gasteiger partial charge in [-0.1, -0.05) is 0 Å². The van der Waals surface area contributed by atoms with E-state index in [9.17, 15) is 4.79 Å². The summed E-state index contributed by atoms with van der Waals surface area (Å²) >= 11 is 0. The van der Waals surface area contributed by atoms with Crippen LogP contribution in [0.15, 0.2) is 30.5 Å². The number of hydrogen-bond acceptors (Lipinski definition) is 4. The standard InChI is InChI=1S/C16H17N3O2/c1-10-14(9-17-15(18-10)11-3-4-11)16(20)19-12-5-7-13(21-2)8-6-12/h5-9,11H,3-4H2,1-2H3,(H,19,20). The maximum absolute atomic E-state index is 12.3. The van der Waals surface area contributed by atoms with Gasteiger partial charge in [0.05, 0.1) is 18.4 Å². The summed E-state index contributed by atoms with van der Waals surface area (Å²) in [7, 11) is 1.61. The van der Waals surface area contributed by atoms with E-state index >= 15 is 0 Å². The van der Waals surface area contributed by atoms with Crippen LogP contribution in [0.25, 0.3) is 0 Å². The molecule has 0 unspecified atom stereocenters. The quantitative estimate of drug-likeness (QED) is 0.937. The zero-order valence-corrected chi connectivity index (χ0v) is 12.1. The molecule has 1 fully saturated rings. The Hall–Kier alpha value is -2.43. The molecule has 0 spiro atoms. The summed E-state index contributed by atoms with van der Waals surface area (Å²) in [6, 6.07) is 7.20. The Kier molecular flexibility index (Phi) is 3.56. The second-order valence-corrected chi connectivity index (χ2v) is 5.18. The van der Waals surface area contributed by atoms with Crippen LogP contribution in [-0.4, -0.2) is 23.0 Å². The molecule has 0 saturated heterocycles. The maximum atomic E-state index is 12.3. The summed E-state index contributed by atoms with van der Waals surface area (Å²) in [6.07, 6.45) is 3.92. The second kappa shape index (κ2) is 5.52. The highest BCUT2D eigenvalue weighted by atomic mass is 16.5. The average molecular weight is 283 g/mol. The molecule has 0 bridgehead atoms. The van der Waals surface area contributed by atoms with E-state index in [0.717, 1.165) is 30.1 Å². The lowest BCUT2D eigenvalue weighted by Crippen LogP contribution is -2.15. The van der Waals surface area contributed by atoms with Gasteiger partial charge in [-0.15, -0.1) is 0 Å². The van der Waals surface area contributed by atoms with Crippen LogP contribution in [0.4, 0.5) is 5.69 Å². The van der Waals surface area contributed by atoms with Crippen molar-refractivity contribution in [2.75, 3.05) is 12.4 Å². The van der Waals surface area contributed by atoms with Crippen molar-refractivity contribution in [1.82, 2.24) is 9.97 Å². The molecule has 1 aromatic carbocycles. The van der Waals surface area contributed by atoms with Gasteiger partial charge >= 0.3 is 0 Å². The molecule has 1 N–H and O–H groups in total. The molecule has 1 saturated carbocycles. The van der Waals surface area contributed by atoms with Gasteiger partial charge in [0, 0.05) is 17.8 Å². The molecule has 1 heterocycles. The maximum Gasteiger partial charge on any atom is 0.259 e. The molecule has 1 aliphatic rings. The first kappa shape index (κ1) is 13.5. The number of carbonyl (C=O) groups excluding carboxylic acids is 1. The van der Waals surface area contributed by atoms with Gasteiger partial charge in [-0.25, -0.2) is 9.97 Å². The number of aryl methyl sites for hydroxylation is 1. The number of aromatic nitrogens is 2. The smallest absolute Gasteiger partial charge is 0.259 e. The van der Waals surface area contributed by atoms with Gasteiger partial charge < -0.3 is 10.1 Å². The highest BCUT2D eigenvalue weighted by Gasteiger charge is 2.27. The first-order chi connectivity index (χ1) is 10.2. The number of nitrogens with one attached hydrogen (secondary N) is 1. The SMILES string of the molecule is COc1ccc(NC(=O)c2cnc(C3CC3)nc2C)cc1. The summed E-state index contributed by atoms with van der Waals surface area (Å²) in [6.45, 7) is 1.84. The fraction of sp³-hybridized carbons (Fsp3) is 0.312. The number of nitrogens with zero attached hydrogens (tertiary/aromatic N) is 2. The van der Waals surface area contributed by atoms with Gasteiger partial charge in [-0.3, -0.25) is 4.79 Å². The number of carbonyl (C=O) groups is 1. The van der Waals surface area contributed by atoms with Crippen LogP contribution in [0.3, 0.4) is 0 Å². The molecular weight excluding hydrogens is 266 g/mol. The third kappa shape index (κ3) is 3.02. The monoisotopic (exact) mass is 283 g/mol. The molecule has 0 aliphatic heterocycles. The zero-order valence-electron chi connectivity index (χ0n) is 12.1. The van der Waals surface area contributed by atoms with Crippen molar-refractivity contribution in [1.29, 1.82) is 0 Å². The van der Waals surface area contributed by atoms with Crippen molar-refractivity contribution in [3.63, 3.8) is 0 Å². The topological polar surface area (TPSA) is 64.1 Å². The van der Waals surface area contributed by atoms with Crippen LogP contribution >= 0.6 is 0 Å². The van der Waals surface area contributed by atoms with Gasteiger partial charge in [0.2, 0.25) is 0 Å². The molecule has 21 heavy (non-hydrogen) atoms. The molecule has 2 aromatic rings. The van der Waals surface area contributed by atoms with E-state index in [1.165, 1.54) is 0 Å². The van der Waals surface area contributed by atoms with Crippen molar-refractivity contribution < 1.29 is 9.53 Å². The number of ether oxygens (including phenoxy) is 1. The van der Waals surface area contributed by atoms with Gasteiger partial charge in [0.25, 0.3) is 5.91 Å². The molecule has 0 radical (unpaired) electrons. The number of amides is 1. The lowest BCUT2D eigenvalue weighted by atomic mass is 10.2. The van der Waals surface area contributed by atoms with E-state index in [1.54, 1.807) is 37.6 Å². The third-order valence-corrected chi connectivity index (χ3v) is 3.53. The number of benzene rings is 1. The van der Waals surface area contributed by atoms with E-state index in [-0.39, 0.29) is 5.91 Å². The number of rotatable bonds is 4. The predicted octanol–water partition coefficient (Wildman–Crippen LogP) is 2.92. The molecule has 1 aliphatic carbocycles. The average Bonchev–Trinajstić information content (AvgIpc) is 3.32. The van der Waals surface area contributed by atoms with E-state index in [4.69, 9.17) is 4.74 Å². The summed E-state index contributed by atoms with van der Waals surface area (Å²) in [5.74, 6) is 1.90. The Labute approximate surface area is 123 Å². The van der Waals surface area contributed by atoms with Gasteiger partial charge in [0.1, 0.15) is 11.6 Å². The highest BCUT2D eigenvalue weighted by Crippen LogP contribution is 2.37. The molecule has 0 atom stereocenters. The Balaban J connectivity index is 1.74. The first-order valence-corrected chi connectivity index (χ1v) is 6.96. The van der Waals surface area contributed by atoms with Gasteiger partial charge in [0.15, 0.2) is 0 Å². The molecule has 1 aromatic heterocycles. The fourth-order valence-corrected chi connectivity index (χ4v) is 2.12. The van der Waals surface area contributed by atoms with Crippen molar-refractivity contribution in [3.05, 3.63) is 47.5 Å². The van der Waals surface area contributed by atoms with Crippen LogP contribution in [-0.2, 0) is 0 Å². The molecule has 5 nitrogen and oxygen atoms in total. The highest BCUT2D eigenvalue weighted by molar-refractivity contribution is 6.04. The fourth-order valence-electron chi connectivity index (χ4n) is 2.12. The summed E-state index contributed by atoms with van der Waals surface area (Å²) < 4.78 is 5.09. The third-order valence-electron chi connectivity index (χ3n) is 3.53. The van der Waals surface area contributed by atoms with Crippen LogP contribution in [0.5, 0.6) is 5.75 Å². The summed E-state index contributed by atoms with van der Waals surface area (Å²) in [5.41, 5.74) is 1.94. The van der Waals surface area contributed by atoms with Crippen LogP contribution in [0.1, 0.15) is 40.6 Å². The lowest BCUT2D eigenvalue weighted by molar-refractivity contribution is 0.102. The molecule has 108 valence electrons. The predicted molar refractivity (Wildman–Crippen MR) is 79.7 cm³/mol. The van der Waals surface area contributed by atoms with E-state index in [2.05, 4.69) is 15.3 Å². The van der Waals surface area contributed by atoms with Crippen molar-refractivity contribution in [2.45, 2.75) is 25.7 Å². The molecule has 3 rings (SSSR count). The van der Waals surface area contributed by atoms with Gasteiger partial charge in [-0.2, -0.15) is 0 Å². The Morgan fingerprint density at radius 3 is 2.57 bits per heavy atom. The summed E-state index contributed by atoms with van der Waals surface area (Å²) in [4.78, 5) is 21.0. The normalized spacial score (nSPS) is 13.8. The van der Waals surface area contributed by atoms with E-state index in [0.29, 0.717) is 17.2 Å². The second-order valence-electron chi connectivity index (χ2n) is 5.18. The minimum Gasteiger partial charge on any atom is -0.497 e. The minimum atomic E-state index is -0.194. The zero-order chi connectivity index (χ0) is 14.8. The lowest BCUT2D eigenvalue weighted by Gasteiger charge is -2.08. The van der Waals surface area contributed by atoms with Crippen molar-refractivity contribution in [3.8, 4) is 5.75 Å². The number of hydrogen-bond donors (Lipinski definition) is 1. The van der Waals surface area contributed by atoms with Gasteiger partial charge in [-0.05, 0) is 44.0 Å². The largest absolute Gasteiger partial charge is 0.497 e. The molecular formula is C16H17N3O2. The first-order valence-electron chi connectivity index (χ1n) is 6.96. The molecule has 5 heteroatoms. The van der Waals surface area contributed by atoms with Crippen molar-refractivity contribution >= 4 is 11.6 Å². The van der Waals surface area contributed by atoms with E-state index < -0.39 is 0 Å². The molecule has 1 amide bonds. The van der Waals surface area contributed by atoms with E-state index in [1.807, 2.05) is 6.92 Å². The Morgan fingerprint density at radius 1 is 1.29 bits per heavy atom. The van der Waals surface area contributed by atoms with Crippen LogP contribution in [0, 0.1) is 6.92 Å². The number of anilines is 1. The Morgan fingerprint density at radius 2 is 2.00 bits per heavy atom. The number of methoxy groups -OCH3 is 1. The minimum absolute atomic E-state index is 0.194. The van der Waals surface area contributed by atoms with Crippen molar-refractivity contribution in [2.24, 2.45) is 0 Å². The van der Waals surface area contributed by atoms with Crippen LogP contribution < -0.4 is 10.1 Å². The summed E-state index contributed by atoms with van der Waals surface area (Å²) in [5, 5.41) is 2.84. The Bertz CT molecular complexity index is 664.